The summed E-state index contributed by atoms with van der Waals surface area (Å²) < 4.78 is 16.2. The van der Waals surface area contributed by atoms with Crippen molar-refractivity contribution in [3.8, 4) is 11.5 Å². The zero-order valence-corrected chi connectivity index (χ0v) is 16.8. The molecule has 2 rings (SSSR count). The molecular weight excluding hydrogens is 392 g/mol. The first-order valence-electron chi connectivity index (χ1n) is 9.50. The maximum absolute atomic E-state index is 12.1. The van der Waals surface area contributed by atoms with Crippen LogP contribution in [-0.2, 0) is 14.3 Å². The van der Waals surface area contributed by atoms with E-state index in [1.165, 1.54) is 31.2 Å². The number of hydrogen-bond donors (Lipinski definition) is 1. The van der Waals surface area contributed by atoms with E-state index in [-0.39, 0.29) is 12.1 Å². The number of nitro benzene ring substituents is 1. The third kappa shape index (κ3) is 7.08. The highest BCUT2D eigenvalue weighted by molar-refractivity contribution is 5.95. The van der Waals surface area contributed by atoms with Crippen LogP contribution in [0.4, 0.5) is 11.4 Å². The van der Waals surface area contributed by atoms with E-state index in [2.05, 4.69) is 5.32 Å². The molecule has 0 bridgehead atoms. The molecule has 0 heterocycles. The fraction of sp³-hybridized carbons (Fsp3) is 0.333. The van der Waals surface area contributed by atoms with Crippen molar-refractivity contribution in [1.82, 2.24) is 0 Å². The van der Waals surface area contributed by atoms with Crippen LogP contribution in [0, 0.1) is 10.1 Å². The Balaban J connectivity index is 1.72. The van der Waals surface area contributed by atoms with E-state index in [9.17, 15) is 19.7 Å². The van der Waals surface area contributed by atoms with E-state index < -0.39 is 22.9 Å². The summed E-state index contributed by atoms with van der Waals surface area (Å²) in [5.41, 5.74) is 0.286. The average Bonchev–Trinajstić information content (AvgIpc) is 2.72. The normalized spacial score (nSPS) is 11.3. The molecule has 0 aliphatic heterocycles. The van der Waals surface area contributed by atoms with Crippen molar-refractivity contribution < 1.29 is 28.7 Å². The largest absolute Gasteiger partial charge is 0.490 e. The molecule has 0 saturated carbocycles. The summed E-state index contributed by atoms with van der Waals surface area (Å²) in [6, 6.07) is 12.6. The number of anilines is 1. The van der Waals surface area contributed by atoms with E-state index in [1.807, 2.05) is 19.1 Å². The zero-order valence-electron chi connectivity index (χ0n) is 16.8. The molecule has 9 heteroatoms. The summed E-state index contributed by atoms with van der Waals surface area (Å²) in [6.07, 6.45) is -0.505. The number of nitro groups is 1. The predicted molar refractivity (Wildman–Crippen MR) is 110 cm³/mol. The first-order valence-corrected chi connectivity index (χ1v) is 9.50. The van der Waals surface area contributed by atoms with Crippen LogP contribution in [0.3, 0.4) is 0 Å². The maximum atomic E-state index is 12.1. The van der Waals surface area contributed by atoms with Crippen LogP contribution in [0.1, 0.15) is 26.7 Å². The highest BCUT2D eigenvalue weighted by Gasteiger charge is 2.18. The highest BCUT2D eigenvalue weighted by atomic mass is 16.6. The van der Waals surface area contributed by atoms with Crippen molar-refractivity contribution in [1.29, 1.82) is 0 Å². The molecule has 1 unspecified atom stereocenters. The fourth-order valence-corrected chi connectivity index (χ4v) is 2.46. The zero-order chi connectivity index (χ0) is 21.9. The Bertz CT molecular complexity index is 868. The van der Waals surface area contributed by atoms with E-state index in [1.54, 1.807) is 12.1 Å². The second-order valence-electron chi connectivity index (χ2n) is 6.26. The molecule has 0 aromatic heterocycles. The summed E-state index contributed by atoms with van der Waals surface area (Å²) in [5.74, 6) is 0.185. The maximum Gasteiger partial charge on any atom is 0.306 e. The molecule has 1 atom stereocenters. The van der Waals surface area contributed by atoms with E-state index >= 15 is 0 Å². The molecular formula is C21H24N2O7. The third-order valence-corrected chi connectivity index (χ3v) is 3.95. The quantitative estimate of drug-likeness (QED) is 0.257. The van der Waals surface area contributed by atoms with Gasteiger partial charge in [0, 0.05) is 24.2 Å². The van der Waals surface area contributed by atoms with Gasteiger partial charge in [-0.1, -0.05) is 12.1 Å². The SMILES string of the molecule is CCOc1ccccc1OCCCC(=O)OC(C)C(=O)Nc1ccc([N+](=O)[O-])cc1. The molecule has 0 spiro atoms. The van der Waals surface area contributed by atoms with Gasteiger partial charge in [0.15, 0.2) is 17.6 Å². The smallest absolute Gasteiger partial charge is 0.306 e. The molecule has 160 valence electrons. The van der Waals surface area contributed by atoms with Crippen molar-refractivity contribution in [2.75, 3.05) is 18.5 Å². The predicted octanol–water partition coefficient (Wildman–Crippen LogP) is 3.72. The van der Waals surface area contributed by atoms with Crippen molar-refractivity contribution in [2.24, 2.45) is 0 Å². The Morgan fingerprint density at radius 1 is 1.07 bits per heavy atom. The van der Waals surface area contributed by atoms with Crippen molar-refractivity contribution in [3.63, 3.8) is 0 Å². The number of para-hydroxylation sites is 2. The van der Waals surface area contributed by atoms with Crippen LogP contribution < -0.4 is 14.8 Å². The van der Waals surface area contributed by atoms with E-state index in [0.29, 0.717) is 36.8 Å². The minimum atomic E-state index is -1.01. The number of carbonyl (C=O) groups is 2. The molecule has 2 aromatic rings. The molecule has 2 aromatic carbocycles. The van der Waals surface area contributed by atoms with E-state index in [4.69, 9.17) is 14.2 Å². The van der Waals surface area contributed by atoms with Crippen LogP contribution in [0.2, 0.25) is 0 Å². The van der Waals surface area contributed by atoms with Gasteiger partial charge in [-0.25, -0.2) is 0 Å². The van der Waals surface area contributed by atoms with Gasteiger partial charge in [0.1, 0.15) is 0 Å². The number of rotatable bonds is 11. The van der Waals surface area contributed by atoms with Crippen LogP contribution in [-0.4, -0.2) is 36.1 Å². The van der Waals surface area contributed by atoms with E-state index in [0.717, 1.165) is 0 Å². The fourth-order valence-electron chi connectivity index (χ4n) is 2.46. The average molecular weight is 416 g/mol. The van der Waals surface area contributed by atoms with Crippen molar-refractivity contribution in [2.45, 2.75) is 32.8 Å². The van der Waals surface area contributed by atoms with Gasteiger partial charge in [-0.15, -0.1) is 0 Å². The molecule has 1 N–H and O–H groups in total. The summed E-state index contributed by atoms with van der Waals surface area (Å²) in [6.45, 7) is 4.15. The van der Waals surface area contributed by atoms with Crippen LogP contribution in [0.5, 0.6) is 11.5 Å². The summed E-state index contributed by atoms with van der Waals surface area (Å²) in [7, 11) is 0. The lowest BCUT2D eigenvalue weighted by Gasteiger charge is -2.14. The standard InChI is InChI=1S/C21H24N2O7/c1-3-28-18-7-4-5-8-19(18)29-14-6-9-20(24)30-15(2)21(25)22-16-10-12-17(13-11-16)23(26)27/h4-5,7-8,10-13,15H,3,6,9,14H2,1-2H3,(H,22,25). The molecule has 9 nitrogen and oxygen atoms in total. The molecule has 30 heavy (non-hydrogen) atoms. The second kappa shape index (κ2) is 11.4. The monoisotopic (exact) mass is 416 g/mol. The number of benzene rings is 2. The molecule has 0 radical (unpaired) electrons. The van der Waals surface area contributed by atoms with Crippen LogP contribution in [0.25, 0.3) is 0 Å². The first kappa shape index (κ1) is 22.7. The van der Waals surface area contributed by atoms with Crippen molar-refractivity contribution in [3.05, 3.63) is 58.6 Å². The number of non-ortho nitro benzene ring substituents is 1. The van der Waals surface area contributed by atoms with Gasteiger partial charge in [0.2, 0.25) is 0 Å². The Morgan fingerprint density at radius 2 is 1.70 bits per heavy atom. The number of ether oxygens (including phenoxy) is 3. The van der Waals surface area contributed by atoms with Gasteiger partial charge in [-0.3, -0.25) is 19.7 Å². The second-order valence-corrected chi connectivity index (χ2v) is 6.26. The third-order valence-electron chi connectivity index (χ3n) is 3.95. The minimum Gasteiger partial charge on any atom is -0.490 e. The Hall–Kier alpha value is -3.62. The molecule has 0 saturated heterocycles. The molecule has 0 fully saturated rings. The topological polar surface area (TPSA) is 117 Å². The highest BCUT2D eigenvalue weighted by Crippen LogP contribution is 2.26. The number of hydrogen-bond acceptors (Lipinski definition) is 7. The van der Waals surface area contributed by atoms with Gasteiger partial charge in [-0.05, 0) is 44.5 Å². The lowest BCUT2D eigenvalue weighted by molar-refractivity contribution is -0.384. The number of nitrogens with one attached hydrogen (secondary N) is 1. The van der Waals surface area contributed by atoms with Crippen LogP contribution in [0.15, 0.2) is 48.5 Å². The molecule has 0 aliphatic carbocycles. The van der Waals surface area contributed by atoms with Gasteiger partial charge >= 0.3 is 5.97 Å². The summed E-state index contributed by atoms with van der Waals surface area (Å²) >= 11 is 0. The number of nitrogens with zero attached hydrogens (tertiary/aromatic N) is 1. The van der Waals surface area contributed by atoms with Gasteiger partial charge in [-0.2, -0.15) is 0 Å². The number of carbonyl (C=O) groups excluding carboxylic acids is 2. The molecule has 1 amide bonds. The minimum absolute atomic E-state index is 0.0847. The summed E-state index contributed by atoms with van der Waals surface area (Å²) in [4.78, 5) is 34.2. The lowest BCUT2D eigenvalue weighted by atomic mass is 10.2. The Kier molecular flexibility index (Phi) is 8.61. The number of amides is 1. The van der Waals surface area contributed by atoms with Gasteiger partial charge < -0.3 is 19.5 Å². The lowest BCUT2D eigenvalue weighted by Crippen LogP contribution is -2.30. The Labute approximate surface area is 174 Å². The first-order chi connectivity index (χ1) is 14.4. The van der Waals surface area contributed by atoms with Crippen molar-refractivity contribution >= 4 is 23.3 Å². The van der Waals surface area contributed by atoms with Crippen LogP contribution >= 0.6 is 0 Å². The summed E-state index contributed by atoms with van der Waals surface area (Å²) in [5, 5.41) is 13.2. The van der Waals surface area contributed by atoms with Gasteiger partial charge in [0.25, 0.3) is 11.6 Å². The molecule has 0 aliphatic rings. The Morgan fingerprint density at radius 3 is 2.30 bits per heavy atom. The number of esters is 1. The van der Waals surface area contributed by atoms with Gasteiger partial charge in [0.05, 0.1) is 18.1 Å².